The Balaban J connectivity index is 1.82. The van der Waals surface area contributed by atoms with Crippen molar-refractivity contribution in [2.45, 2.75) is 5.51 Å². The number of rotatable bonds is 3. The molecule has 8 heteroatoms. The van der Waals surface area contributed by atoms with Crippen molar-refractivity contribution in [3.63, 3.8) is 0 Å². The molecule has 0 aliphatic heterocycles. The lowest BCUT2D eigenvalue weighted by atomic mass is 10.1. The van der Waals surface area contributed by atoms with Gasteiger partial charge >= 0.3 is 15.6 Å². The number of para-hydroxylation sites is 2. The van der Waals surface area contributed by atoms with Gasteiger partial charge in [0.25, 0.3) is 0 Å². The van der Waals surface area contributed by atoms with Crippen LogP contribution in [0.15, 0.2) is 97.1 Å². The van der Waals surface area contributed by atoms with E-state index < -0.39 is 21.4 Å². The molecule has 0 aliphatic rings. The number of hydrogen-bond acceptors (Lipinski definition) is 3. The van der Waals surface area contributed by atoms with E-state index in [4.69, 9.17) is 0 Å². The Kier molecular flexibility index (Phi) is 5.50. The molecule has 4 nitrogen and oxygen atoms in total. The summed E-state index contributed by atoms with van der Waals surface area (Å²) in [5, 5.41) is 1.53. The smallest absolute Gasteiger partial charge is 0.375 e. The standard InChI is InChI=1S/C27H16F3NO3S/c28-27(29,30)35(32,33)34-26-18-25-23(17-20(26)16-15-19-9-3-1-4-10-19)22-13-7-8-14-24(22)31(25)21-11-5-2-6-12-21/h1-14,17-18H. The van der Waals surface area contributed by atoms with E-state index >= 15 is 0 Å². The van der Waals surface area contributed by atoms with Crippen LogP contribution in [0.5, 0.6) is 5.75 Å². The topological polar surface area (TPSA) is 48.3 Å². The summed E-state index contributed by atoms with van der Waals surface area (Å²) in [5.74, 6) is 5.16. The summed E-state index contributed by atoms with van der Waals surface area (Å²) in [7, 11) is -5.91. The molecule has 0 spiro atoms. The van der Waals surface area contributed by atoms with Crippen LogP contribution in [0.25, 0.3) is 27.5 Å². The minimum absolute atomic E-state index is 0.0187. The summed E-state index contributed by atoms with van der Waals surface area (Å²) < 4.78 is 69.8. The van der Waals surface area contributed by atoms with E-state index in [2.05, 4.69) is 16.0 Å². The lowest BCUT2D eigenvalue weighted by molar-refractivity contribution is -0.0500. The van der Waals surface area contributed by atoms with Crippen molar-refractivity contribution in [1.29, 1.82) is 0 Å². The van der Waals surface area contributed by atoms with E-state index in [9.17, 15) is 21.6 Å². The summed E-state index contributed by atoms with van der Waals surface area (Å²) in [6.45, 7) is 0. The predicted molar refractivity (Wildman–Crippen MR) is 129 cm³/mol. The highest BCUT2D eigenvalue weighted by atomic mass is 32.2. The number of benzene rings is 4. The Bertz CT molecular complexity index is 1710. The fourth-order valence-electron chi connectivity index (χ4n) is 3.84. The largest absolute Gasteiger partial charge is 0.534 e. The van der Waals surface area contributed by atoms with Crippen LogP contribution in [0, 0.1) is 11.8 Å². The normalized spacial score (nSPS) is 11.9. The number of halogens is 3. The molecule has 0 atom stereocenters. The predicted octanol–water partition coefficient (Wildman–Crippen LogP) is 6.41. The highest BCUT2D eigenvalue weighted by molar-refractivity contribution is 7.88. The van der Waals surface area contributed by atoms with Gasteiger partial charge < -0.3 is 8.75 Å². The molecule has 0 amide bonds. The molecular formula is C27H16F3NO3S. The third kappa shape index (κ3) is 4.22. The molecule has 0 radical (unpaired) electrons. The van der Waals surface area contributed by atoms with Crippen LogP contribution in [0.3, 0.4) is 0 Å². The molecule has 0 saturated carbocycles. The van der Waals surface area contributed by atoms with E-state index in [1.165, 1.54) is 6.07 Å². The van der Waals surface area contributed by atoms with Crippen molar-refractivity contribution in [2.24, 2.45) is 0 Å². The maximum atomic E-state index is 13.2. The first-order valence-corrected chi connectivity index (χ1v) is 11.9. The highest BCUT2D eigenvalue weighted by Crippen LogP contribution is 2.37. The first kappa shape index (κ1) is 22.6. The number of aromatic nitrogens is 1. The molecule has 5 aromatic rings. The van der Waals surface area contributed by atoms with Crippen LogP contribution in [0.1, 0.15) is 11.1 Å². The molecule has 174 valence electrons. The highest BCUT2D eigenvalue weighted by Gasteiger charge is 2.48. The second-order valence-corrected chi connectivity index (χ2v) is 9.19. The van der Waals surface area contributed by atoms with Crippen molar-refractivity contribution in [3.8, 4) is 23.3 Å². The van der Waals surface area contributed by atoms with Gasteiger partial charge in [0.2, 0.25) is 0 Å². The summed E-state index contributed by atoms with van der Waals surface area (Å²) in [4.78, 5) is 0. The lowest BCUT2D eigenvalue weighted by Gasteiger charge is -2.12. The monoisotopic (exact) mass is 491 g/mol. The molecule has 4 aromatic carbocycles. The van der Waals surface area contributed by atoms with Gasteiger partial charge in [-0.2, -0.15) is 21.6 Å². The first-order chi connectivity index (χ1) is 16.7. The number of fused-ring (bicyclic) bond motifs is 3. The molecule has 5 rings (SSSR count). The number of nitrogens with zero attached hydrogens (tertiary/aromatic N) is 1. The molecule has 1 heterocycles. The average Bonchev–Trinajstić information content (AvgIpc) is 3.16. The van der Waals surface area contributed by atoms with Crippen LogP contribution >= 0.6 is 0 Å². The van der Waals surface area contributed by atoms with Crippen molar-refractivity contribution in [2.75, 3.05) is 0 Å². The zero-order valence-corrected chi connectivity index (χ0v) is 18.8. The summed E-state index contributed by atoms with van der Waals surface area (Å²) in [6, 6.07) is 28.4. The minimum Gasteiger partial charge on any atom is -0.375 e. The Labute approximate surface area is 199 Å². The van der Waals surface area contributed by atoms with E-state index in [0.29, 0.717) is 16.5 Å². The quantitative estimate of drug-likeness (QED) is 0.166. The van der Waals surface area contributed by atoms with Crippen LogP contribution in [-0.4, -0.2) is 18.5 Å². The summed E-state index contributed by atoms with van der Waals surface area (Å²) in [5.41, 5.74) is -2.92. The summed E-state index contributed by atoms with van der Waals surface area (Å²) in [6.07, 6.45) is 0. The molecule has 1 aromatic heterocycles. The van der Waals surface area contributed by atoms with Crippen LogP contribution < -0.4 is 4.18 Å². The van der Waals surface area contributed by atoms with E-state index in [1.54, 1.807) is 36.4 Å². The maximum absolute atomic E-state index is 13.2. The van der Waals surface area contributed by atoms with Crippen molar-refractivity contribution in [3.05, 3.63) is 108 Å². The third-order valence-electron chi connectivity index (χ3n) is 5.39. The Morgan fingerprint density at radius 2 is 1.34 bits per heavy atom. The molecule has 0 fully saturated rings. The maximum Gasteiger partial charge on any atom is 0.534 e. The second-order valence-electron chi connectivity index (χ2n) is 7.65. The Morgan fingerprint density at radius 3 is 2.03 bits per heavy atom. The first-order valence-electron chi connectivity index (χ1n) is 10.4. The number of hydrogen-bond donors (Lipinski definition) is 0. The molecule has 0 saturated heterocycles. The van der Waals surface area contributed by atoms with Gasteiger partial charge in [0.15, 0.2) is 5.75 Å². The van der Waals surface area contributed by atoms with Crippen molar-refractivity contribution < 1.29 is 25.8 Å². The second kappa shape index (κ2) is 8.53. The number of alkyl halides is 3. The van der Waals surface area contributed by atoms with Gasteiger partial charge in [-0.25, -0.2) is 0 Å². The van der Waals surface area contributed by atoms with Gasteiger partial charge in [-0.1, -0.05) is 66.4 Å². The van der Waals surface area contributed by atoms with Crippen molar-refractivity contribution in [1.82, 2.24) is 4.57 Å². The zero-order chi connectivity index (χ0) is 24.6. The van der Waals surface area contributed by atoms with E-state index in [0.717, 1.165) is 16.6 Å². The minimum atomic E-state index is -5.91. The molecule has 35 heavy (non-hydrogen) atoms. The molecule has 0 aliphatic carbocycles. The Hall–Kier alpha value is -4.22. The van der Waals surface area contributed by atoms with Gasteiger partial charge in [0, 0.05) is 28.1 Å². The molecule has 0 N–H and O–H groups in total. The SMILES string of the molecule is O=S(=O)(Oc1cc2c(cc1C#Cc1ccccc1)c1ccccc1n2-c1ccccc1)C(F)(F)F. The third-order valence-corrected chi connectivity index (χ3v) is 6.35. The average molecular weight is 491 g/mol. The van der Waals surface area contributed by atoms with Crippen LogP contribution in [-0.2, 0) is 10.1 Å². The summed E-state index contributed by atoms with van der Waals surface area (Å²) >= 11 is 0. The lowest BCUT2D eigenvalue weighted by Crippen LogP contribution is -2.28. The fraction of sp³-hybridized carbons (Fsp3) is 0.0370. The Morgan fingerprint density at radius 1 is 0.714 bits per heavy atom. The van der Waals surface area contributed by atoms with Crippen molar-refractivity contribution >= 4 is 31.9 Å². The fourth-order valence-corrected chi connectivity index (χ4v) is 4.31. The van der Waals surface area contributed by atoms with E-state index in [1.807, 2.05) is 59.2 Å². The molecular weight excluding hydrogens is 475 g/mol. The van der Waals surface area contributed by atoms with Gasteiger partial charge in [-0.3, -0.25) is 0 Å². The van der Waals surface area contributed by atoms with Gasteiger partial charge in [-0.05, 0) is 36.4 Å². The molecule has 0 unspecified atom stereocenters. The van der Waals surface area contributed by atoms with Crippen LogP contribution in [0.4, 0.5) is 13.2 Å². The van der Waals surface area contributed by atoms with E-state index in [-0.39, 0.29) is 5.56 Å². The van der Waals surface area contributed by atoms with Crippen LogP contribution in [0.2, 0.25) is 0 Å². The van der Waals surface area contributed by atoms with Gasteiger partial charge in [0.05, 0.1) is 16.6 Å². The zero-order valence-electron chi connectivity index (χ0n) is 18.0. The van der Waals surface area contributed by atoms with Gasteiger partial charge in [-0.15, -0.1) is 0 Å². The molecule has 0 bridgehead atoms. The van der Waals surface area contributed by atoms with Gasteiger partial charge in [0.1, 0.15) is 0 Å².